The van der Waals surface area contributed by atoms with Crippen molar-refractivity contribution in [3.63, 3.8) is 0 Å². The van der Waals surface area contributed by atoms with E-state index in [0.717, 1.165) is 5.56 Å². The standard InChI is InChI=1S/C18H15ClN4O2S/c1-11-16(22-9-3-2-4-14(22)20-11)17(25)21-23-15(24)10-26-18(23)12-5-7-13(19)8-6-12/h2-9,18H,10H2,1H3,(H,21,25). The maximum absolute atomic E-state index is 12.9. The van der Waals surface area contributed by atoms with Crippen LogP contribution < -0.4 is 5.43 Å². The maximum Gasteiger partial charge on any atom is 0.288 e. The monoisotopic (exact) mass is 386 g/mol. The zero-order valence-corrected chi connectivity index (χ0v) is 15.4. The highest BCUT2D eigenvalue weighted by Gasteiger charge is 2.35. The molecule has 1 N–H and O–H groups in total. The number of fused-ring (bicyclic) bond motifs is 1. The molecule has 1 aromatic carbocycles. The van der Waals surface area contributed by atoms with E-state index in [2.05, 4.69) is 10.4 Å². The van der Waals surface area contributed by atoms with Crippen LogP contribution in [0.1, 0.15) is 27.1 Å². The highest BCUT2D eigenvalue weighted by atomic mass is 35.5. The maximum atomic E-state index is 12.9. The van der Waals surface area contributed by atoms with Crippen molar-refractivity contribution in [3.8, 4) is 0 Å². The number of thioether (sulfide) groups is 1. The number of rotatable bonds is 3. The third kappa shape index (κ3) is 2.93. The molecule has 0 spiro atoms. The van der Waals surface area contributed by atoms with Crippen LogP contribution in [-0.4, -0.2) is 32.0 Å². The van der Waals surface area contributed by atoms with Crippen LogP contribution in [0.3, 0.4) is 0 Å². The summed E-state index contributed by atoms with van der Waals surface area (Å²) in [5.74, 6) is -0.203. The topological polar surface area (TPSA) is 66.7 Å². The number of imidazole rings is 1. The molecule has 1 unspecified atom stereocenters. The Balaban J connectivity index is 1.63. The molecule has 1 fully saturated rings. The third-order valence-electron chi connectivity index (χ3n) is 4.16. The lowest BCUT2D eigenvalue weighted by Gasteiger charge is -2.24. The van der Waals surface area contributed by atoms with Gasteiger partial charge >= 0.3 is 0 Å². The van der Waals surface area contributed by atoms with Gasteiger partial charge in [-0.3, -0.25) is 19.4 Å². The summed E-state index contributed by atoms with van der Waals surface area (Å²) in [6.07, 6.45) is 1.78. The summed E-state index contributed by atoms with van der Waals surface area (Å²) in [4.78, 5) is 29.6. The fourth-order valence-electron chi connectivity index (χ4n) is 2.97. The number of amides is 2. The zero-order valence-electron chi connectivity index (χ0n) is 13.8. The van der Waals surface area contributed by atoms with Crippen LogP contribution in [0.5, 0.6) is 0 Å². The Kier molecular flexibility index (Phi) is 4.34. The number of carbonyl (C=O) groups is 2. The van der Waals surface area contributed by atoms with E-state index in [1.807, 2.05) is 30.3 Å². The predicted molar refractivity (Wildman–Crippen MR) is 101 cm³/mol. The molecule has 2 amide bonds. The second-order valence-electron chi connectivity index (χ2n) is 5.89. The Labute approximate surface area is 159 Å². The van der Waals surface area contributed by atoms with Crippen molar-refractivity contribution >= 4 is 40.8 Å². The number of aryl methyl sites for hydroxylation is 1. The molecular formula is C18H15ClN4O2S. The average Bonchev–Trinajstić information content (AvgIpc) is 3.15. The molecule has 1 saturated heterocycles. The number of pyridine rings is 1. The van der Waals surface area contributed by atoms with Crippen molar-refractivity contribution in [2.24, 2.45) is 0 Å². The van der Waals surface area contributed by atoms with Gasteiger partial charge in [-0.25, -0.2) is 9.99 Å². The number of nitrogens with zero attached hydrogens (tertiary/aromatic N) is 3. The van der Waals surface area contributed by atoms with E-state index in [-0.39, 0.29) is 17.2 Å². The number of hydrogen-bond acceptors (Lipinski definition) is 4. The number of aromatic nitrogens is 2. The van der Waals surface area contributed by atoms with Gasteiger partial charge in [0.1, 0.15) is 16.7 Å². The molecule has 26 heavy (non-hydrogen) atoms. The van der Waals surface area contributed by atoms with E-state index in [1.54, 1.807) is 29.7 Å². The summed E-state index contributed by atoms with van der Waals surface area (Å²) in [6.45, 7) is 1.78. The van der Waals surface area contributed by atoms with Crippen molar-refractivity contribution in [2.75, 3.05) is 5.75 Å². The Morgan fingerprint density at radius 1 is 1.27 bits per heavy atom. The Morgan fingerprint density at radius 2 is 2.04 bits per heavy atom. The smallest absolute Gasteiger partial charge is 0.288 e. The van der Waals surface area contributed by atoms with Crippen molar-refractivity contribution < 1.29 is 9.59 Å². The van der Waals surface area contributed by atoms with E-state index in [0.29, 0.717) is 27.8 Å². The summed E-state index contributed by atoms with van der Waals surface area (Å²) < 4.78 is 1.72. The van der Waals surface area contributed by atoms with Crippen molar-refractivity contribution in [3.05, 3.63) is 70.6 Å². The van der Waals surface area contributed by atoms with Crippen LogP contribution in [0.4, 0.5) is 0 Å². The van der Waals surface area contributed by atoms with Gasteiger partial charge in [-0.15, -0.1) is 11.8 Å². The summed E-state index contributed by atoms with van der Waals surface area (Å²) >= 11 is 7.40. The van der Waals surface area contributed by atoms with Gasteiger partial charge in [0, 0.05) is 11.2 Å². The summed E-state index contributed by atoms with van der Waals surface area (Å²) in [7, 11) is 0. The first-order chi connectivity index (χ1) is 12.5. The van der Waals surface area contributed by atoms with Gasteiger partial charge in [0.05, 0.1) is 11.4 Å². The number of hydrazine groups is 1. The molecule has 132 valence electrons. The molecule has 1 aliphatic rings. The number of halogens is 1. The Bertz CT molecular complexity index is 1000. The minimum Gasteiger partial charge on any atom is -0.295 e. The van der Waals surface area contributed by atoms with Gasteiger partial charge < -0.3 is 0 Å². The summed E-state index contributed by atoms with van der Waals surface area (Å²) in [6, 6.07) is 12.8. The molecule has 0 saturated carbocycles. The van der Waals surface area contributed by atoms with Crippen LogP contribution in [0.15, 0.2) is 48.7 Å². The summed E-state index contributed by atoms with van der Waals surface area (Å²) in [5, 5.41) is 1.72. The van der Waals surface area contributed by atoms with E-state index in [1.165, 1.54) is 16.8 Å². The van der Waals surface area contributed by atoms with Crippen molar-refractivity contribution in [1.29, 1.82) is 0 Å². The lowest BCUT2D eigenvalue weighted by molar-refractivity contribution is -0.130. The highest BCUT2D eigenvalue weighted by Crippen LogP contribution is 2.37. The second-order valence-corrected chi connectivity index (χ2v) is 7.40. The molecule has 6 nitrogen and oxygen atoms in total. The zero-order chi connectivity index (χ0) is 18.3. The molecule has 0 radical (unpaired) electrons. The van der Waals surface area contributed by atoms with Gasteiger partial charge in [0.25, 0.3) is 11.8 Å². The molecule has 8 heteroatoms. The molecular weight excluding hydrogens is 372 g/mol. The van der Waals surface area contributed by atoms with Gasteiger partial charge in [0.2, 0.25) is 0 Å². The first kappa shape index (κ1) is 16.9. The Hall–Kier alpha value is -2.51. The van der Waals surface area contributed by atoms with Crippen molar-refractivity contribution in [2.45, 2.75) is 12.3 Å². The lowest BCUT2D eigenvalue weighted by atomic mass is 10.2. The van der Waals surface area contributed by atoms with Crippen LogP contribution in [0, 0.1) is 6.92 Å². The van der Waals surface area contributed by atoms with E-state index in [4.69, 9.17) is 11.6 Å². The number of carbonyl (C=O) groups excluding carboxylic acids is 2. The second kappa shape index (κ2) is 6.66. The first-order valence-corrected chi connectivity index (χ1v) is 9.41. The van der Waals surface area contributed by atoms with Crippen LogP contribution in [0.2, 0.25) is 5.02 Å². The van der Waals surface area contributed by atoms with Gasteiger partial charge in [-0.05, 0) is 36.8 Å². The van der Waals surface area contributed by atoms with Gasteiger partial charge in [0.15, 0.2) is 0 Å². The minimum atomic E-state index is -0.365. The SMILES string of the molecule is Cc1nc2ccccn2c1C(=O)NN1C(=O)CSC1c1ccc(Cl)cc1. The van der Waals surface area contributed by atoms with E-state index in [9.17, 15) is 9.59 Å². The van der Waals surface area contributed by atoms with Crippen LogP contribution in [-0.2, 0) is 4.79 Å². The number of hydrogen-bond donors (Lipinski definition) is 1. The molecule has 0 aliphatic carbocycles. The fourth-order valence-corrected chi connectivity index (χ4v) is 4.20. The number of benzene rings is 1. The molecule has 1 atom stereocenters. The first-order valence-electron chi connectivity index (χ1n) is 7.98. The number of nitrogens with one attached hydrogen (secondary N) is 1. The molecule has 3 heterocycles. The van der Waals surface area contributed by atoms with Gasteiger partial charge in [-0.2, -0.15) is 0 Å². The quantitative estimate of drug-likeness (QED) is 0.750. The fraction of sp³-hybridized carbons (Fsp3) is 0.167. The normalized spacial score (nSPS) is 17.1. The van der Waals surface area contributed by atoms with Crippen molar-refractivity contribution in [1.82, 2.24) is 19.8 Å². The lowest BCUT2D eigenvalue weighted by Crippen LogP contribution is -2.45. The minimum absolute atomic E-state index is 0.144. The largest absolute Gasteiger partial charge is 0.295 e. The molecule has 4 rings (SSSR count). The highest BCUT2D eigenvalue weighted by molar-refractivity contribution is 8.00. The summed E-state index contributed by atoms with van der Waals surface area (Å²) in [5.41, 5.74) is 5.37. The Morgan fingerprint density at radius 3 is 2.81 bits per heavy atom. The average molecular weight is 387 g/mol. The van der Waals surface area contributed by atoms with E-state index >= 15 is 0 Å². The molecule has 0 bridgehead atoms. The molecule has 3 aromatic rings. The third-order valence-corrected chi connectivity index (χ3v) is 5.63. The predicted octanol–water partition coefficient (Wildman–Crippen LogP) is 3.22. The van der Waals surface area contributed by atoms with Crippen LogP contribution in [0.25, 0.3) is 5.65 Å². The van der Waals surface area contributed by atoms with E-state index < -0.39 is 0 Å². The molecule has 1 aliphatic heterocycles. The van der Waals surface area contributed by atoms with Gasteiger partial charge in [-0.1, -0.05) is 29.8 Å². The van der Waals surface area contributed by atoms with Crippen LogP contribution >= 0.6 is 23.4 Å². The molecule has 2 aromatic heterocycles.